The van der Waals surface area contributed by atoms with E-state index >= 15 is 0 Å². The molecule has 2 amide bonds. The molecule has 7 rings (SSSR count). The van der Waals surface area contributed by atoms with Crippen molar-refractivity contribution in [2.75, 3.05) is 37.4 Å². The Balaban J connectivity index is 0.959. The fourth-order valence-electron chi connectivity index (χ4n) is 6.59. The second kappa shape index (κ2) is 16.5. The minimum Gasteiger partial charge on any atom is -0.506 e. The topological polar surface area (TPSA) is 168 Å². The average Bonchev–Trinajstić information content (AvgIpc) is 3.19. The van der Waals surface area contributed by atoms with Crippen LogP contribution in [-0.2, 0) is 11.2 Å². The zero-order valence-electron chi connectivity index (χ0n) is 30.4. The van der Waals surface area contributed by atoms with Gasteiger partial charge in [-0.05, 0) is 97.1 Å². The van der Waals surface area contributed by atoms with Crippen molar-refractivity contribution in [3.05, 3.63) is 126 Å². The maximum Gasteiger partial charge on any atom is 0.262 e. The van der Waals surface area contributed by atoms with E-state index in [1.54, 1.807) is 24.9 Å². The highest BCUT2D eigenvalue weighted by atomic mass is 32.2. The highest BCUT2D eigenvalue weighted by Crippen LogP contribution is 2.41. The van der Waals surface area contributed by atoms with Gasteiger partial charge >= 0.3 is 0 Å². The smallest absolute Gasteiger partial charge is 0.262 e. The first-order chi connectivity index (χ1) is 26.7. The number of hydrogen-bond acceptors (Lipinski definition) is 10. The summed E-state index contributed by atoms with van der Waals surface area (Å²) in [5.74, 6) is -0.0241. The summed E-state index contributed by atoms with van der Waals surface area (Å²) in [5.41, 5.74) is 13.4. The largest absolute Gasteiger partial charge is 0.506 e. The number of aryl methyl sites for hydroxylation is 2. The van der Waals surface area contributed by atoms with Crippen LogP contribution in [0, 0.1) is 6.92 Å². The number of hydrogen-bond donors (Lipinski definition) is 6. The number of aromatic hydroxyl groups is 1. The van der Waals surface area contributed by atoms with Crippen LogP contribution in [0.15, 0.2) is 113 Å². The van der Waals surface area contributed by atoms with Crippen molar-refractivity contribution < 1.29 is 29.3 Å². The van der Waals surface area contributed by atoms with Crippen LogP contribution in [0.1, 0.15) is 39.6 Å². The monoisotopic (exact) mass is 755 g/mol. The zero-order valence-corrected chi connectivity index (χ0v) is 31.2. The molecule has 1 aliphatic rings. The van der Waals surface area contributed by atoms with E-state index in [2.05, 4.69) is 75.5 Å². The lowest BCUT2D eigenvalue weighted by molar-refractivity contribution is -0.118. The van der Waals surface area contributed by atoms with Crippen LogP contribution < -0.4 is 31.2 Å². The van der Waals surface area contributed by atoms with Crippen LogP contribution in [0.3, 0.4) is 0 Å². The van der Waals surface area contributed by atoms with Crippen molar-refractivity contribution in [1.82, 2.24) is 10.3 Å². The third-order valence-electron chi connectivity index (χ3n) is 9.41. The molecule has 55 heavy (non-hydrogen) atoms. The van der Waals surface area contributed by atoms with Gasteiger partial charge in [0.25, 0.3) is 11.8 Å². The quantitative estimate of drug-likeness (QED) is 0.0484. The van der Waals surface area contributed by atoms with Crippen molar-refractivity contribution in [3.8, 4) is 28.4 Å². The number of aliphatic hydroxyl groups is 1. The lowest BCUT2D eigenvalue weighted by Crippen LogP contribution is -2.28. The number of aliphatic hydroxyl groups excluding tert-OH is 1. The van der Waals surface area contributed by atoms with Crippen LogP contribution >= 0.6 is 11.8 Å². The number of amides is 2. The van der Waals surface area contributed by atoms with Crippen LogP contribution in [0.2, 0.25) is 0 Å². The second-order valence-electron chi connectivity index (χ2n) is 13.3. The van der Waals surface area contributed by atoms with E-state index in [9.17, 15) is 19.8 Å². The summed E-state index contributed by atoms with van der Waals surface area (Å²) < 4.78 is 10.9. The number of pyridine rings is 1. The van der Waals surface area contributed by atoms with Gasteiger partial charge in [0.1, 0.15) is 17.2 Å². The summed E-state index contributed by atoms with van der Waals surface area (Å²) in [5, 5.41) is 30.9. The van der Waals surface area contributed by atoms with Gasteiger partial charge in [-0.1, -0.05) is 54.2 Å². The molecule has 0 radical (unpaired) electrons. The van der Waals surface area contributed by atoms with Gasteiger partial charge in [-0.15, -0.1) is 0 Å². The Kier molecular flexibility index (Phi) is 11.2. The molecular formula is C43H41N5O6S. The molecule has 0 bridgehead atoms. The number of phenolic OH excluding ortho intramolecular Hbond substituents is 1. The molecule has 6 aromatic rings. The average molecular weight is 756 g/mol. The van der Waals surface area contributed by atoms with Crippen molar-refractivity contribution in [2.45, 2.75) is 35.7 Å². The number of anilines is 3. The molecule has 7 N–H and O–H groups in total. The van der Waals surface area contributed by atoms with E-state index in [0.717, 1.165) is 55.9 Å². The zero-order chi connectivity index (χ0) is 38.5. The molecule has 11 nitrogen and oxygen atoms in total. The first-order valence-electron chi connectivity index (χ1n) is 17.9. The molecule has 1 aliphatic heterocycles. The molecular weight excluding hydrogens is 715 g/mol. The Morgan fingerprint density at radius 3 is 2.53 bits per heavy atom. The van der Waals surface area contributed by atoms with Crippen LogP contribution in [0.5, 0.6) is 17.2 Å². The molecule has 2 heterocycles. The minimum absolute atomic E-state index is 0.100. The van der Waals surface area contributed by atoms with Crippen molar-refractivity contribution in [2.24, 2.45) is 5.73 Å². The molecule has 0 saturated carbocycles. The van der Waals surface area contributed by atoms with E-state index in [1.165, 1.54) is 17.8 Å². The van der Waals surface area contributed by atoms with Gasteiger partial charge in [0, 0.05) is 45.2 Å². The van der Waals surface area contributed by atoms with Gasteiger partial charge in [0.15, 0.2) is 12.4 Å². The summed E-state index contributed by atoms with van der Waals surface area (Å²) in [6.45, 7) is 2.86. The molecule has 1 unspecified atom stereocenters. The van der Waals surface area contributed by atoms with Crippen LogP contribution in [0.25, 0.3) is 22.0 Å². The van der Waals surface area contributed by atoms with Gasteiger partial charge in [-0.3, -0.25) is 14.6 Å². The molecule has 0 spiro atoms. The third-order valence-corrected chi connectivity index (χ3v) is 10.4. The number of rotatable bonds is 14. The number of carbonyl (C=O) groups excluding carboxylic acids is 2. The van der Waals surface area contributed by atoms with Gasteiger partial charge in [0.05, 0.1) is 30.0 Å². The standard InChI is InChI=1S/C43H41N5O6S/c1-25-19-32(21-34-39(25)46-22-35(43(44)52)40(34)47-29-6-3-7-30(20-29)53-2)55-31-14-12-28(13-15-31)27-10-8-26(9-11-27)5-4-18-45-23-37(50)33-16-17-36(49)41-42(33)54-24-38(51)48-41/h3,6-17,19-22,37,45,49-50H,4-5,18,23-24H2,1-2H3,(H2,44,52)(H,46,47)(H,48,51). The Hall–Kier alpha value is -6.08. The first kappa shape index (κ1) is 37.2. The number of nitrogens with two attached hydrogens (primary N) is 1. The summed E-state index contributed by atoms with van der Waals surface area (Å²) in [6, 6.07) is 31.7. The summed E-state index contributed by atoms with van der Waals surface area (Å²) >= 11 is 1.63. The van der Waals surface area contributed by atoms with E-state index in [-0.39, 0.29) is 24.0 Å². The van der Waals surface area contributed by atoms with Gasteiger partial charge < -0.3 is 41.4 Å². The van der Waals surface area contributed by atoms with Gasteiger partial charge in [0.2, 0.25) is 0 Å². The number of nitrogens with zero attached hydrogens (tertiary/aromatic N) is 1. The molecule has 280 valence electrons. The lowest BCUT2D eigenvalue weighted by atomic mass is 10.0. The minimum atomic E-state index is -0.862. The maximum absolute atomic E-state index is 12.5. The third kappa shape index (κ3) is 8.52. The fraction of sp³-hybridized carbons (Fsp3) is 0.186. The van der Waals surface area contributed by atoms with Crippen molar-refractivity contribution >= 4 is 51.5 Å². The second-order valence-corrected chi connectivity index (χ2v) is 14.4. The van der Waals surface area contributed by atoms with E-state index < -0.39 is 12.0 Å². The summed E-state index contributed by atoms with van der Waals surface area (Å²) in [6.07, 6.45) is 2.42. The SMILES string of the molecule is COc1cccc(Nc2c(C(N)=O)cnc3c(C)cc(Sc4ccc(-c5ccc(CCCNCC(O)c6ccc(O)c7c6OCC(=O)N7)cc5)cc4)cc23)c1. The molecule has 12 heteroatoms. The lowest BCUT2D eigenvalue weighted by Gasteiger charge is -2.23. The number of nitrogens with one attached hydrogen (secondary N) is 3. The van der Waals surface area contributed by atoms with Gasteiger partial charge in [-0.2, -0.15) is 0 Å². The normalized spacial score (nSPS) is 12.7. The summed E-state index contributed by atoms with van der Waals surface area (Å²) in [4.78, 5) is 30.8. The molecule has 1 atom stereocenters. The summed E-state index contributed by atoms with van der Waals surface area (Å²) in [7, 11) is 1.61. The highest BCUT2D eigenvalue weighted by molar-refractivity contribution is 7.99. The number of fused-ring (bicyclic) bond motifs is 2. The number of methoxy groups -OCH3 is 1. The van der Waals surface area contributed by atoms with Gasteiger partial charge in [-0.25, -0.2) is 0 Å². The number of primary amides is 1. The molecule has 1 aromatic heterocycles. The van der Waals surface area contributed by atoms with Crippen LogP contribution in [0.4, 0.5) is 17.1 Å². The predicted molar refractivity (Wildman–Crippen MR) is 216 cm³/mol. The van der Waals surface area contributed by atoms with E-state index in [1.807, 2.05) is 37.3 Å². The number of ether oxygens (including phenoxy) is 2. The number of aromatic nitrogens is 1. The van der Waals surface area contributed by atoms with E-state index in [0.29, 0.717) is 41.4 Å². The Morgan fingerprint density at radius 2 is 1.78 bits per heavy atom. The predicted octanol–water partition coefficient (Wildman–Crippen LogP) is 7.50. The highest BCUT2D eigenvalue weighted by Gasteiger charge is 2.25. The maximum atomic E-state index is 12.5. The molecule has 0 aliphatic carbocycles. The Bertz CT molecular complexity index is 2370. The number of phenols is 1. The number of carbonyl (C=O) groups is 2. The Morgan fingerprint density at radius 1 is 1.02 bits per heavy atom. The molecule has 5 aromatic carbocycles. The van der Waals surface area contributed by atoms with Crippen LogP contribution in [-0.4, -0.2) is 53.8 Å². The van der Waals surface area contributed by atoms with E-state index in [4.69, 9.17) is 15.2 Å². The number of benzene rings is 5. The fourth-order valence-corrected chi connectivity index (χ4v) is 7.55. The van der Waals surface area contributed by atoms with Crippen molar-refractivity contribution in [1.29, 1.82) is 0 Å². The van der Waals surface area contributed by atoms with Crippen molar-refractivity contribution in [3.63, 3.8) is 0 Å². The first-order valence-corrected chi connectivity index (χ1v) is 18.7. The Labute approximate surface area is 322 Å². The molecule has 0 saturated heterocycles. The molecule has 0 fully saturated rings.